The van der Waals surface area contributed by atoms with Gasteiger partial charge in [0.1, 0.15) is 6.04 Å². The first-order valence-electron chi connectivity index (χ1n) is 6.73. The summed E-state index contributed by atoms with van der Waals surface area (Å²) >= 11 is 0. The molecule has 0 aliphatic heterocycles. The van der Waals surface area contributed by atoms with Gasteiger partial charge in [-0.2, -0.15) is 5.26 Å². The van der Waals surface area contributed by atoms with Gasteiger partial charge in [-0.05, 0) is 25.0 Å². The van der Waals surface area contributed by atoms with Crippen molar-refractivity contribution in [3.05, 3.63) is 30.1 Å². The Morgan fingerprint density at radius 1 is 1.50 bits per heavy atom. The number of ether oxygens (including phenoxy) is 1. The third-order valence-corrected chi connectivity index (χ3v) is 2.71. The number of hydrogen-bond acceptors (Lipinski definition) is 3. The molecule has 108 valence electrons. The Bertz CT molecular complexity index is 471. The van der Waals surface area contributed by atoms with Crippen molar-refractivity contribution in [1.29, 1.82) is 5.26 Å². The number of rotatable bonds is 8. The van der Waals surface area contributed by atoms with E-state index in [2.05, 4.69) is 5.32 Å². The summed E-state index contributed by atoms with van der Waals surface area (Å²) in [5.74, 6) is -0.402. The van der Waals surface area contributed by atoms with Gasteiger partial charge in [0.05, 0.1) is 12.7 Å². The van der Waals surface area contributed by atoms with E-state index in [9.17, 15) is 9.18 Å². The number of halogens is 1. The highest BCUT2D eigenvalue weighted by Gasteiger charge is 2.10. The van der Waals surface area contributed by atoms with Crippen molar-refractivity contribution in [1.82, 2.24) is 5.32 Å². The van der Waals surface area contributed by atoms with Gasteiger partial charge in [-0.25, -0.2) is 4.39 Å². The number of benzene rings is 1. The average molecular weight is 278 g/mol. The fourth-order valence-corrected chi connectivity index (χ4v) is 1.70. The Kier molecular flexibility index (Phi) is 7.12. The number of para-hydroxylation sites is 1. The summed E-state index contributed by atoms with van der Waals surface area (Å²) in [6, 6.07) is 7.76. The molecule has 1 atom stereocenters. The third-order valence-electron chi connectivity index (χ3n) is 2.71. The second-order valence-corrected chi connectivity index (χ2v) is 4.42. The third kappa shape index (κ3) is 5.70. The van der Waals surface area contributed by atoms with E-state index < -0.39 is 11.9 Å². The molecular weight excluding hydrogens is 259 g/mol. The van der Waals surface area contributed by atoms with Gasteiger partial charge in [0.15, 0.2) is 11.6 Å². The van der Waals surface area contributed by atoms with Crippen LogP contribution in [0.15, 0.2) is 24.3 Å². The molecule has 0 radical (unpaired) electrons. The van der Waals surface area contributed by atoms with Gasteiger partial charge < -0.3 is 10.1 Å². The summed E-state index contributed by atoms with van der Waals surface area (Å²) in [5.41, 5.74) is 0. The summed E-state index contributed by atoms with van der Waals surface area (Å²) in [7, 11) is 0. The summed E-state index contributed by atoms with van der Waals surface area (Å²) in [6.07, 6.45) is 2.23. The van der Waals surface area contributed by atoms with Crippen LogP contribution in [0.3, 0.4) is 0 Å². The van der Waals surface area contributed by atoms with Gasteiger partial charge in [0.25, 0.3) is 0 Å². The minimum absolute atomic E-state index is 0.179. The van der Waals surface area contributed by atoms with Crippen molar-refractivity contribution >= 4 is 5.91 Å². The van der Waals surface area contributed by atoms with E-state index in [4.69, 9.17) is 10.00 Å². The topological polar surface area (TPSA) is 62.1 Å². The molecule has 0 aromatic heterocycles. The van der Waals surface area contributed by atoms with E-state index in [1.54, 1.807) is 18.2 Å². The monoisotopic (exact) mass is 278 g/mol. The van der Waals surface area contributed by atoms with Gasteiger partial charge in [0.2, 0.25) is 5.91 Å². The van der Waals surface area contributed by atoms with E-state index in [1.807, 2.05) is 13.0 Å². The molecule has 20 heavy (non-hydrogen) atoms. The fraction of sp³-hybridized carbons (Fsp3) is 0.467. The number of nitrogens with zero attached hydrogens (tertiary/aromatic N) is 1. The number of amides is 1. The zero-order valence-electron chi connectivity index (χ0n) is 11.6. The smallest absolute Gasteiger partial charge is 0.221 e. The van der Waals surface area contributed by atoms with E-state index in [1.165, 1.54) is 6.07 Å². The molecule has 5 heteroatoms. The van der Waals surface area contributed by atoms with Crippen molar-refractivity contribution in [3.8, 4) is 11.8 Å². The second kappa shape index (κ2) is 8.92. The van der Waals surface area contributed by atoms with Crippen LogP contribution in [0.4, 0.5) is 4.39 Å². The highest BCUT2D eigenvalue weighted by atomic mass is 19.1. The molecule has 0 bridgehead atoms. The minimum atomic E-state index is -0.431. The van der Waals surface area contributed by atoms with Crippen LogP contribution in [0.2, 0.25) is 0 Å². The SMILES string of the molecule is CCC[C@H](C#N)NC(=O)CCCOc1ccccc1F. The van der Waals surface area contributed by atoms with Gasteiger partial charge in [0, 0.05) is 6.42 Å². The van der Waals surface area contributed by atoms with Crippen molar-refractivity contribution in [2.45, 2.75) is 38.6 Å². The molecule has 0 unspecified atom stereocenters. The predicted octanol–water partition coefficient (Wildman–Crippen LogP) is 2.79. The van der Waals surface area contributed by atoms with Gasteiger partial charge in [-0.1, -0.05) is 25.5 Å². The van der Waals surface area contributed by atoms with Crippen molar-refractivity contribution < 1.29 is 13.9 Å². The van der Waals surface area contributed by atoms with Crippen LogP contribution < -0.4 is 10.1 Å². The normalized spacial score (nSPS) is 11.4. The fourth-order valence-electron chi connectivity index (χ4n) is 1.70. The van der Waals surface area contributed by atoms with Crippen LogP contribution in [0.25, 0.3) is 0 Å². The van der Waals surface area contributed by atoms with Crippen molar-refractivity contribution in [2.24, 2.45) is 0 Å². The maximum absolute atomic E-state index is 13.2. The van der Waals surface area contributed by atoms with Gasteiger partial charge in [-0.15, -0.1) is 0 Å². The lowest BCUT2D eigenvalue weighted by Crippen LogP contribution is -2.33. The first-order valence-corrected chi connectivity index (χ1v) is 6.73. The maximum atomic E-state index is 13.2. The molecule has 0 fully saturated rings. The van der Waals surface area contributed by atoms with Crippen LogP contribution in [-0.2, 0) is 4.79 Å². The zero-order valence-corrected chi connectivity index (χ0v) is 11.6. The Morgan fingerprint density at radius 2 is 2.25 bits per heavy atom. The first-order chi connectivity index (χ1) is 9.67. The van der Waals surface area contributed by atoms with Crippen LogP contribution in [-0.4, -0.2) is 18.6 Å². The van der Waals surface area contributed by atoms with E-state index >= 15 is 0 Å². The molecule has 0 saturated carbocycles. The molecule has 0 heterocycles. The van der Waals surface area contributed by atoms with Crippen LogP contribution in [0.5, 0.6) is 5.75 Å². The lowest BCUT2D eigenvalue weighted by molar-refractivity contribution is -0.121. The number of carbonyl (C=O) groups excluding carboxylic acids is 1. The van der Waals surface area contributed by atoms with E-state index in [0.717, 1.165) is 6.42 Å². The maximum Gasteiger partial charge on any atom is 0.221 e. The molecular formula is C15H19FN2O2. The van der Waals surface area contributed by atoms with Gasteiger partial charge in [-0.3, -0.25) is 4.79 Å². The Balaban J connectivity index is 2.23. The molecule has 1 aromatic rings. The Hall–Kier alpha value is -2.09. The molecule has 4 nitrogen and oxygen atoms in total. The molecule has 1 amide bonds. The number of carbonyl (C=O) groups is 1. The average Bonchev–Trinajstić information content (AvgIpc) is 2.45. The minimum Gasteiger partial charge on any atom is -0.491 e. The van der Waals surface area contributed by atoms with Gasteiger partial charge >= 0.3 is 0 Å². The summed E-state index contributed by atoms with van der Waals surface area (Å²) in [5, 5.41) is 11.5. The highest BCUT2D eigenvalue weighted by molar-refractivity contribution is 5.76. The first kappa shape index (κ1) is 16.0. The molecule has 1 N–H and O–H groups in total. The lowest BCUT2D eigenvalue weighted by Gasteiger charge is -2.10. The second-order valence-electron chi connectivity index (χ2n) is 4.42. The summed E-state index contributed by atoms with van der Waals surface area (Å²) < 4.78 is 18.5. The molecule has 0 aliphatic carbocycles. The largest absolute Gasteiger partial charge is 0.491 e. The molecule has 1 aromatic carbocycles. The molecule has 0 aliphatic rings. The molecule has 0 saturated heterocycles. The Morgan fingerprint density at radius 3 is 2.90 bits per heavy atom. The highest BCUT2D eigenvalue weighted by Crippen LogP contribution is 2.15. The summed E-state index contributed by atoms with van der Waals surface area (Å²) in [4.78, 5) is 11.6. The lowest BCUT2D eigenvalue weighted by atomic mass is 10.2. The Labute approximate surface area is 118 Å². The quantitative estimate of drug-likeness (QED) is 0.744. The van der Waals surface area contributed by atoms with Crippen LogP contribution in [0, 0.1) is 17.1 Å². The van der Waals surface area contributed by atoms with Crippen LogP contribution in [0.1, 0.15) is 32.6 Å². The molecule has 1 rings (SSSR count). The predicted molar refractivity (Wildman–Crippen MR) is 73.6 cm³/mol. The van der Waals surface area contributed by atoms with E-state index in [-0.39, 0.29) is 24.7 Å². The van der Waals surface area contributed by atoms with Crippen LogP contribution >= 0.6 is 0 Å². The number of hydrogen-bond donors (Lipinski definition) is 1. The zero-order chi connectivity index (χ0) is 14.8. The summed E-state index contributed by atoms with van der Waals surface area (Å²) in [6.45, 7) is 2.22. The van der Waals surface area contributed by atoms with Crippen molar-refractivity contribution in [2.75, 3.05) is 6.61 Å². The number of nitriles is 1. The van der Waals surface area contributed by atoms with E-state index in [0.29, 0.717) is 12.8 Å². The standard InChI is InChI=1S/C15H19FN2O2/c1-2-6-12(11-17)18-15(19)9-5-10-20-14-8-4-3-7-13(14)16/h3-4,7-8,12H,2,5-6,9-10H2,1H3,(H,18,19)/t12-/m1/s1. The molecule has 0 spiro atoms. The number of nitrogens with one attached hydrogen (secondary N) is 1. The van der Waals surface area contributed by atoms with Crippen molar-refractivity contribution in [3.63, 3.8) is 0 Å².